The summed E-state index contributed by atoms with van der Waals surface area (Å²) in [6.45, 7) is 12.3. The van der Waals surface area contributed by atoms with E-state index in [0.29, 0.717) is 0 Å². The number of likely N-dealkylation sites (tertiary alicyclic amines) is 1. The molecule has 2 nitrogen and oxygen atoms in total. The van der Waals surface area contributed by atoms with Crippen LogP contribution >= 0.6 is 0 Å². The highest BCUT2D eigenvalue weighted by Crippen LogP contribution is 2.29. The minimum absolute atomic E-state index is 0.0926. The molecule has 1 aliphatic rings. The van der Waals surface area contributed by atoms with Crippen LogP contribution in [0.4, 0.5) is 0 Å². The predicted octanol–water partition coefficient (Wildman–Crippen LogP) is 3.36. The molecule has 0 N–H and O–H groups in total. The van der Waals surface area contributed by atoms with E-state index >= 15 is 0 Å². The molecule has 17 heavy (non-hydrogen) atoms. The molecular formula is C15H29NO. The van der Waals surface area contributed by atoms with Gasteiger partial charge in [-0.25, -0.2) is 0 Å². The molecule has 1 aliphatic heterocycles. The summed E-state index contributed by atoms with van der Waals surface area (Å²) in [7, 11) is 0. The van der Waals surface area contributed by atoms with Gasteiger partial charge in [-0.15, -0.1) is 0 Å². The number of rotatable bonds is 6. The van der Waals surface area contributed by atoms with Crippen LogP contribution < -0.4 is 0 Å². The molecule has 0 radical (unpaired) electrons. The Hall–Kier alpha value is -0.370. The van der Waals surface area contributed by atoms with Crippen LogP contribution in [0.5, 0.6) is 0 Å². The lowest BCUT2D eigenvalue weighted by molar-refractivity contribution is -0.118. The van der Waals surface area contributed by atoms with Crippen molar-refractivity contribution in [3.05, 3.63) is 0 Å². The molecule has 1 heterocycles. The van der Waals surface area contributed by atoms with Gasteiger partial charge in [-0.2, -0.15) is 0 Å². The number of carbonyl (C=O) groups excluding carboxylic acids is 1. The van der Waals surface area contributed by atoms with Crippen LogP contribution in [-0.4, -0.2) is 30.8 Å². The molecule has 0 aliphatic carbocycles. The number of nitrogens with zero attached hydrogens (tertiary/aromatic N) is 1. The van der Waals surface area contributed by atoms with Crippen LogP contribution in [0.3, 0.4) is 0 Å². The van der Waals surface area contributed by atoms with Gasteiger partial charge in [0.2, 0.25) is 0 Å². The molecule has 100 valence electrons. The first-order valence-electron chi connectivity index (χ1n) is 7.25. The Labute approximate surface area is 107 Å². The van der Waals surface area contributed by atoms with Gasteiger partial charge in [0.1, 0.15) is 6.29 Å². The van der Waals surface area contributed by atoms with Crippen LogP contribution in [0.15, 0.2) is 0 Å². The third-order valence-electron chi connectivity index (χ3n) is 4.77. The summed E-state index contributed by atoms with van der Waals surface area (Å²) in [6.07, 6.45) is 5.75. The highest BCUT2D eigenvalue weighted by molar-refractivity contribution is 5.59. The van der Waals surface area contributed by atoms with Crippen LogP contribution in [0.1, 0.15) is 53.4 Å². The number of carbonyl (C=O) groups is 1. The van der Waals surface area contributed by atoms with E-state index in [1.165, 1.54) is 32.2 Å². The molecule has 0 spiro atoms. The Morgan fingerprint density at radius 3 is 2.12 bits per heavy atom. The van der Waals surface area contributed by atoms with E-state index in [0.717, 1.165) is 31.2 Å². The van der Waals surface area contributed by atoms with Crippen molar-refractivity contribution in [3.63, 3.8) is 0 Å². The Morgan fingerprint density at radius 1 is 1.24 bits per heavy atom. The zero-order valence-corrected chi connectivity index (χ0v) is 12.0. The van der Waals surface area contributed by atoms with Crippen molar-refractivity contribution >= 4 is 6.29 Å². The molecule has 0 aromatic heterocycles. The number of hydrogen-bond acceptors (Lipinski definition) is 2. The Morgan fingerprint density at radius 2 is 1.76 bits per heavy atom. The maximum atomic E-state index is 11.3. The van der Waals surface area contributed by atoms with Gasteiger partial charge in [-0.1, -0.05) is 27.7 Å². The van der Waals surface area contributed by atoms with Crippen LogP contribution in [0.25, 0.3) is 0 Å². The molecule has 0 saturated carbocycles. The monoisotopic (exact) mass is 239 g/mol. The minimum Gasteiger partial charge on any atom is -0.303 e. The number of hydrogen-bond donors (Lipinski definition) is 0. The fraction of sp³-hybridized carbons (Fsp3) is 0.933. The molecule has 0 atom stereocenters. The SMILES string of the molecule is CCC(C=O)(CC)CN1CCC(C(C)C)CC1. The van der Waals surface area contributed by atoms with Crippen molar-refractivity contribution in [1.82, 2.24) is 4.90 Å². The summed E-state index contributed by atoms with van der Waals surface area (Å²) in [6, 6.07) is 0. The molecule has 1 saturated heterocycles. The maximum Gasteiger partial charge on any atom is 0.127 e. The van der Waals surface area contributed by atoms with Gasteiger partial charge in [-0.3, -0.25) is 0 Å². The van der Waals surface area contributed by atoms with E-state index in [1.807, 2.05) is 0 Å². The molecule has 0 amide bonds. The van der Waals surface area contributed by atoms with Gasteiger partial charge in [0, 0.05) is 12.0 Å². The van der Waals surface area contributed by atoms with E-state index in [9.17, 15) is 4.79 Å². The van der Waals surface area contributed by atoms with E-state index in [2.05, 4.69) is 32.6 Å². The molecule has 0 aromatic carbocycles. The second kappa shape index (κ2) is 6.53. The topological polar surface area (TPSA) is 20.3 Å². The van der Waals surface area contributed by atoms with E-state index in [4.69, 9.17) is 0 Å². The summed E-state index contributed by atoms with van der Waals surface area (Å²) in [5.74, 6) is 1.70. The van der Waals surface area contributed by atoms with Crippen molar-refractivity contribution in [2.24, 2.45) is 17.3 Å². The third-order valence-corrected chi connectivity index (χ3v) is 4.77. The highest BCUT2D eigenvalue weighted by Gasteiger charge is 2.30. The summed E-state index contributed by atoms with van der Waals surface area (Å²) in [5, 5.41) is 0. The quantitative estimate of drug-likeness (QED) is 0.662. The second-order valence-electron chi connectivity index (χ2n) is 6.04. The molecule has 2 heteroatoms. The van der Waals surface area contributed by atoms with Gasteiger partial charge >= 0.3 is 0 Å². The van der Waals surface area contributed by atoms with Gasteiger partial charge in [0.15, 0.2) is 0 Å². The fourth-order valence-electron chi connectivity index (χ4n) is 2.90. The predicted molar refractivity (Wildman–Crippen MR) is 73.1 cm³/mol. The lowest BCUT2D eigenvalue weighted by Gasteiger charge is -2.38. The molecular weight excluding hydrogens is 210 g/mol. The van der Waals surface area contributed by atoms with Crippen LogP contribution in [0, 0.1) is 17.3 Å². The lowest BCUT2D eigenvalue weighted by atomic mass is 9.81. The molecule has 0 bridgehead atoms. The van der Waals surface area contributed by atoms with Crippen LogP contribution in [-0.2, 0) is 4.79 Å². The van der Waals surface area contributed by atoms with Gasteiger partial charge in [0.25, 0.3) is 0 Å². The summed E-state index contributed by atoms with van der Waals surface area (Å²) >= 11 is 0. The van der Waals surface area contributed by atoms with Crippen molar-refractivity contribution < 1.29 is 4.79 Å². The third kappa shape index (κ3) is 3.80. The zero-order valence-electron chi connectivity index (χ0n) is 12.0. The average Bonchev–Trinajstić information content (AvgIpc) is 2.37. The maximum absolute atomic E-state index is 11.3. The normalized spacial score (nSPS) is 19.8. The summed E-state index contributed by atoms with van der Waals surface area (Å²) < 4.78 is 0. The zero-order chi connectivity index (χ0) is 12.9. The first-order valence-corrected chi connectivity index (χ1v) is 7.25. The fourth-order valence-corrected chi connectivity index (χ4v) is 2.90. The largest absolute Gasteiger partial charge is 0.303 e. The first kappa shape index (κ1) is 14.7. The standard InChI is InChI=1S/C15H29NO/c1-5-15(6-2,12-17)11-16-9-7-14(8-10-16)13(3)4/h12-14H,5-11H2,1-4H3. The van der Waals surface area contributed by atoms with Crippen molar-refractivity contribution in [2.75, 3.05) is 19.6 Å². The summed E-state index contributed by atoms with van der Waals surface area (Å²) in [4.78, 5) is 13.8. The van der Waals surface area contributed by atoms with Crippen molar-refractivity contribution in [3.8, 4) is 0 Å². The first-order chi connectivity index (χ1) is 8.06. The highest BCUT2D eigenvalue weighted by atomic mass is 16.1. The molecule has 1 fully saturated rings. The Bertz CT molecular complexity index is 225. The van der Waals surface area contributed by atoms with Gasteiger partial charge in [-0.05, 0) is 50.6 Å². The van der Waals surface area contributed by atoms with Gasteiger partial charge < -0.3 is 9.69 Å². The smallest absolute Gasteiger partial charge is 0.127 e. The average molecular weight is 239 g/mol. The van der Waals surface area contributed by atoms with Crippen molar-refractivity contribution in [1.29, 1.82) is 0 Å². The Kier molecular flexibility index (Phi) is 5.64. The number of aldehydes is 1. The second-order valence-corrected chi connectivity index (χ2v) is 6.04. The number of piperidine rings is 1. The molecule has 0 aromatic rings. The van der Waals surface area contributed by atoms with E-state index < -0.39 is 0 Å². The van der Waals surface area contributed by atoms with Gasteiger partial charge in [0.05, 0.1) is 0 Å². The molecule has 0 unspecified atom stereocenters. The van der Waals surface area contributed by atoms with E-state index in [-0.39, 0.29) is 5.41 Å². The molecule has 1 rings (SSSR count). The van der Waals surface area contributed by atoms with Crippen LogP contribution in [0.2, 0.25) is 0 Å². The summed E-state index contributed by atoms with van der Waals surface area (Å²) in [5.41, 5.74) is -0.0926. The van der Waals surface area contributed by atoms with Crippen molar-refractivity contribution in [2.45, 2.75) is 53.4 Å². The minimum atomic E-state index is -0.0926. The van der Waals surface area contributed by atoms with E-state index in [1.54, 1.807) is 0 Å². The Balaban J connectivity index is 2.46. The lowest BCUT2D eigenvalue weighted by Crippen LogP contribution is -2.43.